The van der Waals surface area contributed by atoms with Crippen molar-refractivity contribution >= 4 is 5.91 Å². The predicted molar refractivity (Wildman–Crippen MR) is 68.0 cm³/mol. The molecule has 0 aliphatic rings. The minimum absolute atomic E-state index is 0.0529. The normalized spacial score (nSPS) is 10.0. The van der Waals surface area contributed by atoms with Crippen LogP contribution in [-0.4, -0.2) is 26.6 Å². The van der Waals surface area contributed by atoms with E-state index < -0.39 is 0 Å². The Hall–Kier alpha value is -1.55. The first-order valence-electron chi connectivity index (χ1n) is 5.83. The third-order valence-corrected chi connectivity index (χ3v) is 2.42. The SMILES string of the molecule is CNCc1ccccc1OCCCC(=O)NC. The monoisotopic (exact) mass is 236 g/mol. The van der Waals surface area contributed by atoms with E-state index in [4.69, 9.17) is 4.74 Å². The van der Waals surface area contributed by atoms with Crippen molar-refractivity contribution in [1.29, 1.82) is 0 Å². The lowest BCUT2D eigenvalue weighted by Crippen LogP contribution is -2.18. The number of para-hydroxylation sites is 1. The van der Waals surface area contributed by atoms with Crippen LogP contribution in [0.4, 0.5) is 0 Å². The van der Waals surface area contributed by atoms with Gasteiger partial charge in [0, 0.05) is 25.6 Å². The van der Waals surface area contributed by atoms with Crippen LogP contribution in [0.5, 0.6) is 5.75 Å². The lowest BCUT2D eigenvalue weighted by Gasteiger charge is -2.10. The summed E-state index contributed by atoms with van der Waals surface area (Å²) in [5.74, 6) is 0.941. The summed E-state index contributed by atoms with van der Waals surface area (Å²) in [5.41, 5.74) is 1.13. The van der Waals surface area contributed by atoms with Crippen LogP contribution in [0.2, 0.25) is 0 Å². The van der Waals surface area contributed by atoms with Crippen molar-refractivity contribution < 1.29 is 9.53 Å². The van der Waals surface area contributed by atoms with Crippen LogP contribution in [-0.2, 0) is 11.3 Å². The Labute approximate surface area is 102 Å². The van der Waals surface area contributed by atoms with Crippen LogP contribution in [0, 0.1) is 0 Å². The van der Waals surface area contributed by atoms with E-state index in [1.807, 2.05) is 31.3 Å². The van der Waals surface area contributed by atoms with Gasteiger partial charge in [-0.25, -0.2) is 0 Å². The van der Waals surface area contributed by atoms with Crippen molar-refractivity contribution in [1.82, 2.24) is 10.6 Å². The van der Waals surface area contributed by atoms with E-state index in [0.717, 1.165) is 24.3 Å². The quantitative estimate of drug-likeness (QED) is 0.702. The fraction of sp³-hybridized carbons (Fsp3) is 0.462. The summed E-state index contributed by atoms with van der Waals surface area (Å²) in [5, 5.41) is 5.69. The van der Waals surface area contributed by atoms with Gasteiger partial charge in [0.2, 0.25) is 5.91 Å². The maximum Gasteiger partial charge on any atom is 0.219 e. The molecular formula is C13H20N2O2. The number of benzene rings is 1. The van der Waals surface area contributed by atoms with Gasteiger partial charge in [-0.3, -0.25) is 4.79 Å². The molecule has 94 valence electrons. The molecule has 0 fully saturated rings. The smallest absolute Gasteiger partial charge is 0.219 e. The van der Waals surface area contributed by atoms with Crippen molar-refractivity contribution in [3.8, 4) is 5.75 Å². The molecule has 0 saturated heterocycles. The van der Waals surface area contributed by atoms with E-state index in [-0.39, 0.29) is 5.91 Å². The van der Waals surface area contributed by atoms with Crippen LogP contribution in [0.3, 0.4) is 0 Å². The summed E-state index contributed by atoms with van der Waals surface area (Å²) in [6.45, 7) is 1.35. The number of rotatable bonds is 7. The first-order chi connectivity index (χ1) is 8.27. The molecule has 0 saturated carbocycles. The van der Waals surface area contributed by atoms with Crippen LogP contribution in [0.25, 0.3) is 0 Å². The van der Waals surface area contributed by atoms with E-state index >= 15 is 0 Å². The highest BCUT2D eigenvalue weighted by molar-refractivity contribution is 5.75. The van der Waals surface area contributed by atoms with Gasteiger partial charge < -0.3 is 15.4 Å². The molecule has 0 radical (unpaired) electrons. The largest absolute Gasteiger partial charge is 0.493 e. The Morgan fingerprint density at radius 2 is 2.06 bits per heavy atom. The maximum absolute atomic E-state index is 11.0. The van der Waals surface area contributed by atoms with Gasteiger partial charge in [0.25, 0.3) is 0 Å². The van der Waals surface area contributed by atoms with Gasteiger partial charge in [0.15, 0.2) is 0 Å². The second-order valence-electron chi connectivity index (χ2n) is 3.76. The first kappa shape index (κ1) is 13.5. The third-order valence-electron chi connectivity index (χ3n) is 2.42. The molecule has 0 heterocycles. The van der Waals surface area contributed by atoms with E-state index in [2.05, 4.69) is 10.6 Å². The standard InChI is InChI=1S/C13H20N2O2/c1-14-10-11-6-3-4-7-12(11)17-9-5-8-13(16)15-2/h3-4,6-7,14H,5,8-10H2,1-2H3,(H,15,16). The minimum Gasteiger partial charge on any atom is -0.493 e. The van der Waals surface area contributed by atoms with Crippen molar-refractivity contribution in [2.75, 3.05) is 20.7 Å². The molecule has 0 unspecified atom stereocenters. The Balaban J connectivity index is 2.38. The molecule has 1 aromatic carbocycles. The highest BCUT2D eigenvalue weighted by Gasteiger charge is 2.02. The lowest BCUT2D eigenvalue weighted by molar-refractivity contribution is -0.120. The molecule has 0 aromatic heterocycles. The summed E-state index contributed by atoms with van der Waals surface area (Å²) >= 11 is 0. The molecule has 0 atom stereocenters. The van der Waals surface area contributed by atoms with Crippen molar-refractivity contribution in [3.05, 3.63) is 29.8 Å². The third kappa shape index (κ3) is 4.87. The average Bonchev–Trinajstić information content (AvgIpc) is 2.36. The highest BCUT2D eigenvalue weighted by Crippen LogP contribution is 2.17. The second-order valence-corrected chi connectivity index (χ2v) is 3.76. The Kier molecular flexibility index (Phi) is 6.10. The van der Waals surface area contributed by atoms with Gasteiger partial charge in [0.1, 0.15) is 5.75 Å². The van der Waals surface area contributed by atoms with Gasteiger partial charge in [-0.05, 0) is 19.5 Å². The van der Waals surface area contributed by atoms with Crippen molar-refractivity contribution in [2.45, 2.75) is 19.4 Å². The molecule has 0 spiro atoms. The van der Waals surface area contributed by atoms with Crippen molar-refractivity contribution in [3.63, 3.8) is 0 Å². The van der Waals surface area contributed by atoms with Crippen molar-refractivity contribution in [2.24, 2.45) is 0 Å². The van der Waals surface area contributed by atoms with E-state index in [0.29, 0.717) is 13.0 Å². The molecule has 4 nitrogen and oxygen atoms in total. The molecule has 1 amide bonds. The van der Waals surface area contributed by atoms with E-state index in [1.165, 1.54) is 0 Å². The molecule has 0 aliphatic carbocycles. The fourth-order valence-electron chi connectivity index (χ4n) is 1.52. The zero-order valence-corrected chi connectivity index (χ0v) is 10.5. The van der Waals surface area contributed by atoms with Gasteiger partial charge in [-0.15, -0.1) is 0 Å². The summed E-state index contributed by atoms with van der Waals surface area (Å²) in [6.07, 6.45) is 1.23. The van der Waals surface area contributed by atoms with Gasteiger partial charge in [-0.1, -0.05) is 18.2 Å². The molecule has 0 bridgehead atoms. The Morgan fingerprint density at radius 3 is 2.76 bits per heavy atom. The Morgan fingerprint density at radius 1 is 1.29 bits per heavy atom. The number of carbonyl (C=O) groups is 1. The summed E-state index contributed by atoms with van der Waals surface area (Å²) in [7, 11) is 3.55. The zero-order valence-electron chi connectivity index (χ0n) is 10.5. The van der Waals surface area contributed by atoms with Crippen LogP contribution < -0.4 is 15.4 Å². The van der Waals surface area contributed by atoms with E-state index in [9.17, 15) is 4.79 Å². The summed E-state index contributed by atoms with van der Waals surface area (Å²) < 4.78 is 5.66. The minimum atomic E-state index is 0.0529. The summed E-state index contributed by atoms with van der Waals surface area (Å²) in [6, 6.07) is 7.93. The fourth-order valence-corrected chi connectivity index (χ4v) is 1.52. The number of hydrogen-bond donors (Lipinski definition) is 2. The molecule has 1 rings (SSSR count). The number of ether oxygens (including phenoxy) is 1. The topological polar surface area (TPSA) is 50.4 Å². The first-order valence-corrected chi connectivity index (χ1v) is 5.83. The number of carbonyl (C=O) groups excluding carboxylic acids is 1. The molecule has 17 heavy (non-hydrogen) atoms. The van der Waals surface area contributed by atoms with Gasteiger partial charge >= 0.3 is 0 Å². The molecule has 4 heteroatoms. The average molecular weight is 236 g/mol. The Bertz CT molecular complexity index is 353. The van der Waals surface area contributed by atoms with Crippen LogP contribution >= 0.6 is 0 Å². The second kappa shape index (κ2) is 7.68. The lowest BCUT2D eigenvalue weighted by atomic mass is 10.2. The number of nitrogens with one attached hydrogen (secondary N) is 2. The molecule has 0 aliphatic heterocycles. The molecule has 2 N–H and O–H groups in total. The van der Waals surface area contributed by atoms with E-state index in [1.54, 1.807) is 7.05 Å². The summed E-state index contributed by atoms with van der Waals surface area (Å²) in [4.78, 5) is 11.0. The zero-order chi connectivity index (χ0) is 12.5. The molecule has 1 aromatic rings. The van der Waals surface area contributed by atoms with Gasteiger partial charge in [-0.2, -0.15) is 0 Å². The maximum atomic E-state index is 11.0. The number of amides is 1. The van der Waals surface area contributed by atoms with Crippen LogP contribution in [0.1, 0.15) is 18.4 Å². The highest BCUT2D eigenvalue weighted by atomic mass is 16.5. The van der Waals surface area contributed by atoms with Gasteiger partial charge in [0.05, 0.1) is 6.61 Å². The van der Waals surface area contributed by atoms with Crippen LogP contribution in [0.15, 0.2) is 24.3 Å². The predicted octanol–water partition coefficient (Wildman–Crippen LogP) is 1.31. The number of hydrogen-bond acceptors (Lipinski definition) is 3. The molecular weight excluding hydrogens is 216 g/mol.